The average molecular weight is 355 g/mol. The van der Waals surface area contributed by atoms with Crippen LogP contribution in [0.5, 0.6) is 11.5 Å². The van der Waals surface area contributed by atoms with Gasteiger partial charge in [0.1, 0.15) is 0 Å². The highest BCUT2D eigenvalue weighted by Gasteiger charge is 2.16. The second-order valence-electron chi connectivity index (χ2n) is 6.33. The van der Waals surface area contributed by atoms with E-state index in [0.29, 0.717) is 36.2 Å². The topological polar surface area (TPSA) is 59.6 Å². The molecule has 134 valence electrons. The molecule has 0 unspecified atom stereocenters. The molecule has 0 fully saturated rings. The molecule has 0 spiro atoms. The molecule has 1 aromatic carbocycles. The Morgan fingerprint density at radius 3 is 2.54 bits per heavy atom. The van der Waals surface area contributed by atoms with Crippen LogP contribution < -0.4 is 20.1 Å². The monoisotopic (exact) mass is 354 g/mol. The van der Waals surface area contributed by atoms with E-state index in [4.69, 9.17) is 21.1 Å². The minimum absolute atomic E-state index is 0.0955. The number of nitrogens with one attached hydrogen (secondary N) is 2. The molecule has 0 saturated heterocycles. The molecule has 6 heteroatoms. The van der Waals surface area contributed by atoms with Gasteiger partial charge in [-0.15, -0.1) is 6.58 Å². The van der Waals surface area contributed by atoms with Gasteiger partial charge in [0.2, 0.25) is 0 Å². The van der Waals surface area contributed by atoms with Gasteiger partial charge in [0, 0.05) is 29.7 Å². The number of hydrogen-bond donors (Lipinski definition) is 2. The van der Waals surface area contributed by atoms with Crippen molar-refractivity contribution in [3.63, 3.8) is 0 Å². The molecule has 0 aliphatic rings. The maximum Gasteiger partial charge on any atom is 0.258 e. The number of benzene rings is 1. The summed E-state index contributed by atoms with van der Waals surface area (Å²) < 4.78 is 11.2. The second-order valence-corrected chi connectivity index (χ2v) is 6.74. The van der Waals surface area contributed by atoms with Crippen LogP contribution in [0, 0.1) is 0 Å². The van der Waals surface area contributed by atoms with Crippen LogP contribution in [-0.2, 0) is 11.3 Å². The van der Waals surface area contributed by atoms with E-state index in [2.05, 4.69) is 17.2 Å². The zero-order valence-electron chi connectivity index (χ0n) is 14.9. The van der Waals surface area contributed by atoms with Gasteiger partial charge in [-0.25, -0.2) is 0 Å². The summed E-state index contributed by atoms with van der Waals surface area (Å²) in [5, 5.41) is 6.59. The molecule has 2 N–H and O–H groups in total. The summed E-state index contributed by atoms with van der Waals surface area (Å²) in [6.07, 6.45) is 1.78. The maximum absolute atomic E-state index is 11.9. The molecule has 1 aromatic rings. The molecule has 0 atom stereocenters. The predicted octanol–water partition coefficient (Wildman–Crippen LogP) is 3.31. The van der Waals surface area contributed by atoms with Crippen LogP contribution >= 0.6 is 11.6 Å². The fourth-order valence-corrected chi connectivity index (χ4v) is 2.22. The Kier molecular flexibility index (Phi) is 8.08. The lowest BCUT2D eigenvalue weighted by molar-refractivity contribution is -0.124. The second kappa shape index (κ2) is 9.55. The molecule has 0 aliphatic heterocycles. The summed E-state index contributed by atoms with van der Waals surface area (Å²) >= 11 is 6.30. The molecular formula is C18H27ClN2O3. The lowest BCUT2D eigenvalue weighted by Crippen LogP contribution is -2.43. The molecule has 0 aliphatic carbocycles. The van der Waals surface area contributed by atoms with Crippen molar-refractivity contribution in [2.45, 2.75) is 39.8 Å². The third-order valence-corrected chi connectivity index (χ3v) is 3.24. The van der Waals surface area contributed by atoms with E-state index in [1.807, 2.05) is 33.8 Å². The van der Waals surface area contributed by atoms with Crippen molar-refractivity contribution in [2.75, 3.05) is 19.8 Å². The van der Waals surface area contributed by atoms with Gasteiger partial charge < -0.3 is 20.1 Å². The fourth-order valence-electron chi connectivity index (χ4n) is 2.00. The Morgan fingerprint density at radius 1 is 1.29 bits per heavy atom. The average Bonchev–Trinajstić information content (AvgIpc) is 2.47. The molecule has 24 heavy (non-hydrogen) atoms. The van der Waals surface area contributed by atoms with E-state index in [1.54, 1.807) is 12.1 Å². The molecular weight excluding hydrogens is 328 g/mol. The molecule has 0 bridgehead atoms. The Bertz CT molecular complexity index is 568. The van der Waals surface area contributed by atoms with Crippen molar-refractivity contribution in [3.05, 3.63) is 35.4 Å². The first-order valence-corrected chi connectivity index (χ1v) is 8.35. The van der Waals surface area contributed by atoms with Crippen LogP contribution in [0.3, 0.4) is 0 Å². The normalized spacial score (nSPS) is 11.0. The highest BCUT2D eigenvalue weighted by Crippen LogP contribution is 2.33. The van der Waals surface area contributed by atoms with E-state index >= 15 is 0 Å². The first-order chi connectivity index (χ1) is 11.3. The molecule has 0 heterocycles. The minimum atomic E-state index is -0.304. The van der Waals surface area contributed by atoms with Crippen molar-refractivity contribution in [2.24, 2.45) is 0 Å². The standard InChI is InChI=1S/C18H27ClN2O3/c1-6-8-20-11-13-9-15(23-7-2)16(10-14(13)19)24-12-17(22)21-18(3,4)5/h6,9-10,20H,1,7-8,11-12H2,2-5H3,(H,21,22). The van der Waals surface area contributed by atoms with E-state index in [9.17, 15) is 4.79 Å². The van der Waals surface area contributed by atoms with Crippen molar-refractivity contribution in [3.8, 4) is 11.5 Å². The maximum atomic E-state index is 11.9. The van der Waals surface area contributed by atoms with Crippen molar-refractivity contribution >= 4 is 17.5 Å². The molecule has 0 radical (unpaired) electrons. The van der Waals surface area contributed by atoms with Gasteiger partial charge in [0.15, 0.2) is 18.1 Å². The number of carbonyl (C=O) groups is 1. The number of hydrogen-bond acceptors (Lipinski definition) is 4. The van der Waals surface area contributed by atoms with Crippen LogP contribution in [-0.4, -0.2) is 31.2 Å². The van der Waals surface area contributed by atoms with Gasteiger partial charge in [-0.2, -0.15) is 0 Å². The summed E-state index contributed by atoms with van der Waals surface area (Å²) in [4.78, 5) is 11.9. The van der Waals surface area contributed by atoms with E-state index in [-0.39, 0.29) is 18.1 Å². The van der Waals surface area contributed by atoms with Crippen LogP contribution in [0.4, 0.5) is 0 Å². The van der Waals surface area contributed by atoms with Gasteiger partial charge in [-0.05, 0) is 39.3 Å². The summed E-state index contributed by atoms with van der Waals surface area (Å²) in [6, 6.07) is 3.51. The van der Waals surface area contributed by atoms with Crippen LogP contribution in [0.1, 0.15) is 33.3 Å². The number of carbonyl (C=O) groups excluding carboxylic acids is 1. The van der Waals surface area contributed by atoms with Gasteiger partial charge in [-0.1, -0.05) is 17.7 Å². The lowest BCUT2D eigenvalue weighted by Gasteiger charge is -2.21. The summed E-state index contributed by atoms with van der Waals surface area (Å²) in [6.45, 7) is 13.0. The number of rotatable bonds is 9. The van der Waals surface area contributed by atoms with Gasteiger partial charge in [-0.3, -0.25) is 4.79 Å². The van der Waals surface area contributed by atoms with Gasteiger partial charge in [0.05, 0.1) is 6.61 Å². The predicted molar refractivity (Wildman–Crippen MR) is 97.9 cm³/mol. The quantitative estimate of drug-likeness (QED) is 0.527. The Hall–Kier alpha value is -1.72. The molecule has 1 amide bonds. The van der Waals surface area contributed by atoms with Crippen LogP contribution in [0.25, 0.3) is 0 Å². The van der Waals surface area contributed by atoms with Gasteiger partial charge in [0.25, 0.3) is 5.91 Å². The minimum Gasteiger partial charge on any atom is -0.490 e. The number of amides is 1. The molecule has 5 nitrogen and oxygen atoms in total. The first-order valence-electron chi connectivity index (χ1n) is 7.97. The third kappa shape index (κ3) is 7.23. The summed E-state index contributed by atoms with van der Waals surface area (Å²) in [5.74, 6) is 0.831. The van der Waals surface area contributed by atoms with Gasteiger partial charge >= 0.3 is 0 Å². The molecule has 0 saturated carbocycles. The van der Waals surface area contributed by atoms with E-state index < -0.39 is 0 Å². The number of halogens is 1. The van der Waals surface area contributed by atoms with E-state index in [0.717, 1.165) is 5.56 Å². The lowest BCUT2D eigenvalue weighted by atomic mass is 10.1. The van der Waals surface area contributed by atoms with Crippen LogP contribution in [0.15, 0.2) is 24.8 Å². The highest BCUT2D eigenvalue weighted by atomic mass is 35.5. The molecule has 1 rings (SSSR count). The SMILES string of the molecule is C=CCNCc1cc(OCC)c(OCC(=O)NC(C)(C)C)cc1Cl. The third-order valence-electron chi connectivity index (χ3n) is 2.89. The van der Waals surface area contributed by atoms with Crippen molar-refractivity contribution < 1.29 is 14.3 Å². The van der Waals surface area contributed by atoms with Crippen LogP contribution in [0.2, 0.25) is 5.02 Å². The van der Waals surface area contributed by atoms with E-state index in [1.165, 1.54) is 0 Å². The Morgan fingerprint density at radius 2 is 1.96 bits per heavy atom. The zero-order valence-corrected chi connectivity index (χ0v) is 15.6. The Labute approximate surface area is 149 Å². The largest absolute Gasteiger partial charge is 0.490 e. The summed E-state index contributed by atoms with van der Waals surface area (Å²) in [5.41, 5.74) is 0.593. The number of ether oxygens (including phenoxy) is 2. The Balaban J connectivity index is 2.83. The van der Waals surface area contributed by atoms with Crippen molar-refractivity contribution in [1.29, 1.82) is 0 Å². The van der Waals surface area contributed by atoms with Crippen molar-refractivity contribution in [1.82, 2.24) is 10.6 Å². The fraction of sp³-hybridized carbons (Fsp3) is 0.500. The highest BCUT2D eigenvalue weighted by molar-refractivity contribution is 6.31. The zero-order chi connectivity index (χ0) is 18.2. The molecule has 0 aromatic heterocycles. The first kappa shape index (κ1) is 20.3. The smallest absolute Gasteiger partial charge is 0.258 e. The summed E-state index contributed by atoms with van der Waals surface area (Å²) in [7, 11) is 0.